The molecule has 1 unspecified atom stereocenters. The first-order chi connectivity index (χ1) is 9.93. The molecule has 0 aliphatic rings. The van der Waals surface area contributed by atoms with Crippen LogP contribution >= 0.6 is 11.6 Å². The second kappa shape index (κ2) is 4.69. The van der Waals surface area contributed by atoms with Gasteiger partial charge in [-0.25, -0.2) is 0 Å². The largest absolute Gasteiger partial charge is 0.456 e. The molecular weight excluding hydrogens is 300 g/mol. The van der Waals surface area contributed by atoms with Crippen molar-refractivity contribution in [3.05, 3.63) is 47.0 Å². The van der Waals surface area contributed by atoms with E-state index in [1.165, 1.54) is 12.1 Å². The van der Waals surface area contributed by atoms with Crippen molar-refractivity contribution < 1.29 is 18.3 Å². The topological polar surface area (TPSA) is 57.2 Å². The van der Waals surface area contributed by atoms with Crippen molar-refractivity contribution in [2.45, 2.75) is 12.0 Å². The number of nitrogens with zero attached hydrogens (tertiary/aromatic N) is 1. The van der Waals surface area contributed by atoms with Crippen LogP contribution in [0.4, 0.5) is 8.78 Å². The fraction of sp³-hybridized carbons (Fsp3) is 0.133. The third-order valence-corrected chi connectivity index (χ3v) is 3.52. The molecule has 1 heterocycles. The molecule has 1 atom stereocenters. The summed E-state index contributed by atoms with van der Waals surface area (Å²) in [6.07, 6.45) is -2.41. The van der Waals surface area contributed by atoms with Crippen LogP contribution in [0.25, 0.3) is 21.9 Å². The molecule has 0 spiro atoms. The summed E-state index contributed by atoms with van der Waals surface area (Å²) in [5.41, 5.74) is 0.252. The molecule has 21 heavy (non-hydrogen) atoms. The number of nitriles is 1. The molecule has 2 aromatic carbocycles. The zero-order chi connectivity index (χ0) is 15.2. The molecule has 6 heteroatoms. The van der Waals surface area contributed by atoms with E-state index in [9.17, 15) is 8.78 Å². The first-order valence-electron chi connectivity index (χ1n) is 6.01. The van der Waals surface area contributed by atoms with Gasteiger partial charge in [0.15, 0.2) is 0 Å². The van der Waals surface area contributed by atoms with Gasteiger partial charge in [-0.3, -0.25) is 0 Å². The maximum absolute atomic E-state index is 13.9. The lowest BCUT2D eigenvalue weighted by Gasteiger charge is -2.17. The molecule has 1 N–H and O–H groups in total. The smallest absolute Gasteiger partial charge is 0.311 e. The number of hydrogen-bond acceptors (Lipinski definition) is 3. The average Bonchev–Trinajstić information content (AvgIpc) is 2.82. The SMILES string of the molecule is N#CC(O)C(F)(F)c1ccc2c(c1)oc1cc(Cl)ccc12. The predicted octanol–water partition coefficient (Wildman–Crippen LogP) is 4.22. The number of rotatable bonds is 2. The third kappa shape index (κ3) is 2.13. The van der Waals surface area contributed by atoms with Crippen LogP contribution in [0.5, 0.6) is 0 Å². The number of aliphatic hydroxyl groups is 1. The van der Waals surface area contributed by atoms with Crippen molar-refractivity contribution in [3.63, 3.8) is 0 Å². The van der Waals surface area contributed by atoms with Crippen LogP contribution in [0.1, 0.15) is 5.56 Å². The van der Waals surface area contributed by atoms with Crippen LogP contribution < -0.4 is 0 Å². The molecule has 3 rings (SSSR count). The van der Waals surface area contributed by atoms with Crippen LogP contribution in [0.3, 0.4) is 0 Å². The first kappa shape index (κ1) is 13.8. The normalized spacial score (nSPS) is 13.5. The van der Waals surface area contributed by atoms with Crippen LogP contribution in [-0.4, -0.2) is 11.2 Å². The third-order valence-electron chi connectivity index (χ3n) is 3.29. The van der Waals surface area contributed by atoms with Gasteiger partial charge in [-0.05, 0) is 24.3 Å². The molecule has 3 nitrogen and oxygen atoms in total. The number of alkyl halides is 2. The molecule has 0 aliphatic carbocycles. The minimum absolute atomic E-state index is 0.245. The second-order valence-electron chi connectivity index (χ2n) is 4.61. The summed E-state index contributed by atoms with van der Waals surface area (Å²) in [4.78, 5) is 0. The van der Waals surface area contributed by atoms with Crippen molar-refractivity contribution in [2.75, 3.05) is 0 Å². The fourth-order valence-electron chi connectivity index (χ4n) is 2.20. The van der Waals surface area contributed by atoms with Crippen molar-refractivity contribution >= 4 is 33.5 Å². The Balaban J connectivity index is 2.21. The first-order valence-corrected chi connectivity index (χ1v) is 6.39. The summed E-state index contributed by atoms with van der Waals surface area (Å²) in [6, 6.07) is 9.94. The summed E-state index contributed by atoms with van der Waals surface area (Å²) in [5, 5.41) is 19.5. The van der Waals surface area contributed by atoms with Crippen LogP contribution in [0.2, 0.25) is 5.02 Å². The van der Waals surface area contributed by atoms with Crippen molar-refractivity contribution in [3.8, 4) is 6.07 Å². The Bertz CT molecular complexity index is 882. The molecule has 0 fully saturated rings. The zero-order valence-electron chi connectivity index (χ0n) is 10.5. The minimum Gasteiger partial charge on any atom is -0.456 e. The lowest BCUT2D eigenvalue weighted by Crippen LogP contribution is -2.29. The summed E-state index contributed by atoms with van der Waals surface area (Å²) in [7, 11) is 0. The van der Waals surface area contributed by atoms with E-state index in [0.717, 1.165) is 17.5 Å². The van der Waals surface area contributed by atoms with E-state index in [2.05, 4.69) is 0 Å². The van der Waals surface area contributed by atoms with E-state index in [-0.39, 0.29) is 5.58 Å². The summed E-state index contributed by atoms with van der Waals surface area (Å²) in [5.74, 6) is -3.67. The molecule has 0 saturated heterocycles. The highest BCUT2D eigenvalue weighted by Crippen LogP contribution is 2.36. The minimum atomic E-state index is -3.67. The zero-order valence-corrected chi connectivity index (χ0v) is 11.2. The highest BCUT2D eigenvalue weighted by molar-refractivity contribution is 6.31. The van der Waals surface area contributed by atoms with Gasteiger partial charge in [0.1, 0.15) is 17.2 Å². The standard InChI is InChI=1S/C15H8ClF2NO2/c16-9-2-4-11-10-3-1-8(15(17,18)14(20)7-19)5-12(10)21-13(11)6-9/h1-6,14,20H. The van der Waals surface area contributed by atoms with E-state index in [1.807, 2.05) is 0 Å². The molecule has 1 aromatic heterocycles. The number of hydrogen-bond donors (Lipinski definition) is 1. The Morgan fingerprint density at radius 3 is 2.43 bits per heavy atom. The lowest BCUT2D eigenvalue weighted by molar-refractivity contribution is -0.0892. The van der Waals surface area contributed by atoms with E-state index in [1.54, 1.807) is 18.2 Å². The van der Waals surface area contributed by atoms with E-state index in [4.69, 9.17) is 26.4 Å². The molecule has 0 aliphatic heterocycles. The van der Waals surface area contributed by atoms with Gasteiger partial charge in [0.25, 0.3) is 0 Å². The number of furan rings is 1. The molecule has 0 saturated carbocycles. The van der Waals surface area contributed by atoms with Gasteiger partial charge < -0.3 is 9.52 Å². The van der Waals surface area contributed by atoms with E-state index >= 15 is 0 Å². The van der Waals surface area contributed by atoms with Gasteiger partial charge in [-0.15, -0.1) is 0 Å². The summed E-state index contributed by atoms with van der Waals surface area (Å²) >= 11 is 5.86. The summed E-state index contributed by atoms with van der Waals surface area (Å²) < 4.78 is 33.2. The van der Waals surface area contributed by atoms with Gasteiger partial charge in [-0.2, -0.15) is 14.0 Å². The van der Waals surface area contributed by atoms with Crippen molar-refractivity contribution in [1.29, 1.82) is 5.26 Å². The maximum Gasteiger partial charge on any atom is 0.311 e. The molecular formula is C15H8ClF2NO2. The van der Waals surface area contributed by atoms with Crippen LogP contribution in [-0.2, 0) is 5.92 Å². The Morgan fingerprint density at radius 1 is 1.14 bits per heavy atom. The van der Waals surface area contributed by atoms with E-state index < -0.39 is 17.6 Å². The van der Waals surface area contributed by atoms with Crippen LogP contribution in [0, 0.1) is 11.3 Å². The number of fused-ring (bicyclic) bond motifs is 3. The van der Waals surface area contributed by atoms with E-state index in [0.29, 0.717) is 16.0 Å². The van der Waals surface area contributed by atoms with Crippen molar-refractivity contribution in [1.82, 2.24) is 0 Å². The van der Waals surface area contributed by atoms with Crippen molar-refractivity contribution in [2.24, 2.45) is 0 Å². The fourth-order valence-corrected chi connectivity index (χ4v) is 2.36. The Labute approximate surface area is 123 Å². The highest BCUT2D eigenvalue weighted by Gasteiger charge is 2.41. The lowest BCUT2D eigenvalue weighted by atomic mass is 10.0. The number of aliphatic hydroxyl groups excluding tert-OH is 1. The Morgan fingerprint density at radius 2 is 1.76 bits per heavy atom. The van der Waals surface area contributed by atoms with Gasteiger partial charge in [0, 0.05) is 27.4 Å². The monoisotopic (exact) mass is 307 g/mol. The van der Waals surface area contributed by atoms with Gasteiger partial charge in [0.05, 0.1) is 0 Å². The van der Waals surface area contributed by atoms with Gasteiger partial charge >= 0.3 is 5.92 Å². The average molecular weight is 308 g/mol. The quantitative estimate of drug-likeness (QED) is 0.721. The molecule has 0 amide bonds. The van der Waals surface area contributed by atoms with Gasteiger partial charge in [-0.1, -0.05) is 17.7 Å². The maximum atomic E-state index is 13.9. The predicted molar refractivity (Wildman–Crippen MR) is 74.2 cm³/mol. The van der Waals surface area contributed by atoms with Gasteiger partial charge in [0.2, 0.25) is 6.10 Å². The molecule has 3 aromatic rings. The second-order valence-corrected chi connectivity index (χ2v) is 5.04. The number of benzene rings is 2. The Kier molecular flexibility index (Phi) is 3.08. The molecule has 0 bridgehead atoms. The van der Waals surface area contributed by atoms with Crippen LogP contribution in [0.15, 0.2) is 40.8 Å². The molecule has 0 radical (unpaired) electrons. The molecule has 106 valence electrons. The summed E-state index contributed by atoms with van der Waals surface area (Å²) in [6.45, 7) is 0. The highest BCUT2D eigenvalue weighted by atomic mass is 35.5. The Hall–Kier alpha value is -2.16. The number of halogens is 3.